The number of rotatable bonds is 7. The first-order valence-electron chi connectivity index (χ1n) is 9.32. The van der Waals surface area contributed by atoms with Crippen molar-refractivity contribution in [1.29, 1.82) is 0 Å². The van der Waals surface area contributed by atoms with Gasteiger partial charge in [-0.1, -0.05) is 12.1 Å². The van der Waals surface area contributed by atoms with Gasteiger partial charge in [0, 0.05) is 29.7 Å². The quantitative estimate of drug-likeness (QED) is 0.519. The molecule has 0 saturated heterocycles. The number of hydrogen-bond donors (Lipinski definition) is 3. The van der Waals surface area contributed by atoms with Crippen LogP contribution in [0, 0.1) is 0 Å². The van der Waals surface area contributed by atoms with E-state index in [1.165, 1.54) is 0 Å². The van der Waals surface area contributed by atoms with Gasteiger partial charge in [0.25, 0.3) is 5.91 Å². The van der Waals surface area contributed by atoms with Crippen LogP contribution in [0.25, 0.3) is 10.4 Å². The molecule has 7 heteroatoms. The molecule has 4 N–H and O–H groups in total. The largest absolute Gasteiger partial charge is 0.397 e. The molecule has 0 atom stereocenters. The molecule has 0 saturated carbocycles. The molecule has 0 radical (unpaired) electrons. The van der Waals surface area contributed by atoms with Crippen LogP contribution in [0.2, 0.25) is 0 Å². The molecule has 150 valence electrons. The highest BCUT2D eigenvalue weighted by molar-refractivity contribution is 7.13. The normalized spacial score (nSPS) is 10.4. The third kappa shape index (κ3) is 4.94. The second-order valence-corrected chi connectivity index (χ2v) is 7.42. The molecular formula is C22H24N4O2S. The molecule has 0 aliphatic rings. The van der Waals surface area contributed by atoms with Gasteiger partial charge >= 0.3 is 0 Å². The number of anilines is 3. The molecule has 1 aromatic heterocycles. The predicted molar refractivity (Wildman–Crippen MR) is 121 cm³/mol. The molecule has 1 heterocycles. The van der Waals surface area contributed by atoms with E-state index in [4.69, 9.17) is 5.73 Å². The van der Waals surface area contributed by atoms with E-state index in [0.717, 1.165) is 16.1 Å². The van der Waals surface area contributed by atoms with Gasteiger partial charge < -0.3 is 21.3 Å². The number of thiophene rings is 1. The molecule has 0 aliphatic carbocycles. The van der Waals surface area contributed by atoms with Crippen molar-refractivity contribution in [3.05, 3.63) is 65.5 Å². The van der Waals surface area contributed by atoms with Crippen molar-refractivity contribution in [3.8, 4) is 10.4 Å². The Balaban J connectivity index is 1.74. The molecule has 0 fully saturated rings. The minimum Gasteiger partial charge on any atom is -0.397 e. The third-order valence-electron chi connectivity index (χ3n) is 4.60. The van der Waals surface area contributed by atoms with Crippen LogP contribution < -0.4 is 21.3 Å². The van der Waals surface area contributed by atoms with Crippen molar-refractivity contribution in [2.24, 2.45) is 0 Å². The van der Waals surface area contributed by atoms with Gasteiger partial charge in [-0.05, 0) is 60.3 Å². The first-order chi connectivity index (χ1) is 14.0. The van der Waals surface area contributed by atoms with Crippen LogP contribution in [0.15, 0.2) is 60.0 Å². The van der Waals surface area contributed by atoms with Crippen LogP contribution in [0.3, 0.4) is 0 Å². The molecule has 3 aromatic rings. The maximum absolute atomic E-state index is 12.7. The SMILES string of the molecule is CCN(CC(=O)NC)c1ccc(C(=O)Nc2cc(-c3cccs3)ccc2N)cc1. The van der Waals surface area contributed by atoms with E-state index in [1.54, 1.807) is 36.6 Å². The number of nitrogens with one attached hydrogen (secondary N) is 2. The fraction of sp³-hybridized carbons (Fsp3) is 0.182. The van der Waals surface area contributed by atoms with Gasteiger partial charge in [0.15, 0.2) is 0 Å². The average molecular weight is 409 g/mol. The van der Waals surface area contributed by atoms with Crippen molar-refractivity contribution in [2.75, 3.05) is 36.1 Å². The summed E-state index contributed by atoms with van der Waals surface area (Å²) in [5.74, 6) is -0.296. The van der Waals surface area contributed by atoms with Gasteiger partial charge in [0.1, 0.15) is 0 Å². The van der Waals surface area contributed by atoms with Gasteiger partial charge in [-0.2, -0.15) is 0 Å². The summed E-state index contributed by atoms with van der Waals surface area (Å²) in [4.78, 5) is 27.4. The zero-order valence-corrected chi connectivity index (χ0v) is 17.3. The summed E-state index contributed by atoms with van der Waals surface area (Å²) in [5.41, 5.74) is 9.56. The number of carbonyl (C=O) groups is 2. The van der Waals surface area contributed by atoms with Crippen molar-refractivity contribution >= 4 is 40.2 Å². The number of nitrogens with two attached hydrogens (primary N) is 1. The molecule has 29 heavy (non-hydrogen) atoms. The summed E-state index contributed by atoms with van der Waals surface area (Å²) < 4.78 is 0. The van der Waals surface area contributed by atoms with E-state index in [9.17, 15) is 9.59 Å². The van der Waals surface area contributed by atoms with Crippen LogP contribution in [0.1, 0.15) is 17.3 Å². The zero-order valence-electron chi connectivity index (χ0n) is 16.4. The van der Waals surface area contributed by atoms with Gasteiger partial charge in [0.05, 0.1) is 17.9 Å². The van der Waals surface area contributed by atoms with E-state index in [1.807, 2.05) is 53.6 Å². The second-order valence-electron chi connectivity index (χ2n) is 6.47. The first kappa shape index (κ1) is 20.4. The fourth-order valence-corrected chi connectivity index (χ4v) is 3.64. The Bertz CT molecular complexity index is 985. The van der Waals surface area contributed by atoms with Crippen LogP contribution >= 0.6 is 11.3 Å². The second kappa shape index (κ2) is 9.25. The number of nitrogens with zero attached hydrogens (tertiary/aromatic N) is 1. The van der Waals surface area contributed by atoms with Gasteiger partial charge in [-0.25, -0.2) is 0 Å². The van der Waals surface area contributed by atoms with Crippen molar-refractivity contribution in [3.63, 3.8) is 0 Å². The lowest BCUT2D eigenvalue weighted by Crippen LogP contribution is -2.35. The molecule has 0 unspecified atom stereocenters. The third-order valence-corrected chi connectivity index (χ3v) is 5.52. The molecule has 2 amide bonds. The van der Waals surface area contributed by atoms with Gasteiger partial charge in [-0.3, -0.25) is 9.59 Å². The number of benzene rings is 2. The van der Waals surface area contributed by atoms with E-state index < -0.39 is 0 Å². The highest BCUT2D eigenvalue weighted by Gasteiger charge is 2.12. The summed E-state index contributed by atoms with van der Waals surface area (Å²) in [6.45, 7) is 2.93. The predicted octanol–water partition coefficient (Wildman–Crippen LogP) is 3.82. The summed E-state index contributed by atoms with van der Waals surface area (Å²) in [7, 11) is 1.61. The van der Waals surface area contributed by atoms with Gasteiger partial charge in [0.2, 0.25) is 5.91 Å². The Morgan fingerprint density at radius 3 is 2.48 bits per heavy atom. The number of carbonyl (C=O) groups excluding carboxylic acids is 2. The van der Waals surface area contributed by atoms with Crippen molar-refractivity contribution in [1.82, 2.24) is 5.32 Å². The smallest absolute Gasteiger partial charge is 0.255 e. The summed E-state index contributed by atoms with van der Waals surface area (Å²) in [5, 5.41) is 7.53. The maximum atomic E-state index is 12.7. The highest BCUT2D eigenvalue weighted by Crippen LogP contribution is 2.30. The summed E-state index contributed by atoms with van der Waals surface area (Å²) in [6, 6.07) is 16.8. The Morgan fingerprint density at radius 2 is 1.86 bits per heavy atom. The molecule has 2 aromatic carbocycles. The van der Waals surface area contributed by atoms with E-state index in [-0.39, 0.29) is 18.4 Å². The number of nitrogen functional groups attached to an aromatic ring is 1. The molecule has 0 aliphatic heterocycles. The minimum atomic E-state index is -0.235. The Labute approximate surface area is 174 Å². The van der Waals surface area contributed by atoms with Crippen LogP contribution in [0.5, 0.6) is 0 Å². The Kier molecular flexibility index (Phi) is 6.51. The molecule has 0 bridgehead atoms. The fourth-order valence-electron chi connectivity index (χ4n) is 2.92. The zero-order chi connectivity index (χ0) is 20.8. The van der Waals surface area contributed by atoms with Crippen molar-refractivity contribution in [2.45, 2.75) is 6.92 Å². The topological polar surface area (TPSA) is 87.5 Å². The Morgan fingerprint density at radius 1 is 1.10 bits per heavy atom. The number of hydrogen-bond acceptors (Lipinski definition) is 5. The lowest BCUT2D eigenvalue weighted by molar-refractivity contribution is -0.119. The lowest BCUT2D eigenvalue weighted by atomic mass is 10.1. The van der Waals surface area contributed by atoms with Crippen LogP contribution in [-0.2, 0) is 4.79 Å². The van der Waals surface area contributed by atoms with E-state index in [0.29, 0.717) is 23.5 Å². The number of likely N-dealkylation sites (N-methyl/N-ethyl adjacent to an activating group) is 2. The van der Waals surface area contributed by atoms with Gasteiger partial charge in [-0.15, -0.1) is 11.3 Å². The molecule has 3 rings (SSSR count). The van der Waals surface area contributed by atoms with E-state index in [2.05, 4.69) is 10.6 Å². The monoisotopic (exact) mass is 408 g/mol. The first-order valence-corrected chi connectivity index (χ1v) is 10.2. The average Bonchev–Trinajstić information content (AvgIpc) is 3.28. The maximum Gasteiger partial charge on any atom is 0.255 e. The standard InChI is InChI=1S/C22H24N4O2S/c1-3-26(14-21(27)24-2)17-9-6-15(7-10-17)22(28)25-19-13-16(8-11-18(19)23)20-5-4-12-29-20/h4-13H,3,14,23H2,1-2H3,(H,24,27)(H,25,28). The highest BCUT2D eigenvalue weighted by atomic mass is 32.1. The molecule has 6 nitrogen and oxygen atoms in total. The Hall–Kier alpha value is -3.32. The van der Waals surface area contributed by atoms with E-state index >= 15 is 0 Å². The molecule has 0 spiro atoms. The lowest BCUT2D eigenvalue weighted by Gasteiger charge is -2.22. The molecular weight excluding hydrogens is 384 g/mol. The van der Waals surface area contributed by atoms with Crippen LogP contribution in [-0.4, -0.2) is 32.0 Å². The number of amides is 2. The summed E-state index contributed by atoms with van der Waals surface area (Å²) in [6.07, 6.45) is 0. The van der Waals surface area contributed by atoms with Crippen LogP contribution in [0.4, 0.5) is 17.1 Å². The summed E-state index contributed by atoms with van der Waals surface area (Å²) >= 11 is 1.63. The van der Waals surface area contributed by atoms with Crippen molar-refractivity contribution < 1.29 is 9.59 Å². The minimum absolute atomic E-state index is 0.0604.